The molecule has 160 valence electrons. The topological polar surface area (TPSA) is 87.8 Å². The third-order valence-electron chi connectivity index (χ3n) is 5.60. The summed E-state index contributed by atoms with van der Waals surface area (Å²) in [5.74, 6) is -3.43. The van der Waals surface area contributed by atoms with Crippen molar-refractivity contribution in [3.63, 3.8) is 0 Å². The minimum absolute atomic E-state index is 0.0419. The summed E-state index contributed by atoms with van der Waals surface area (Å²) >= 11 is 0. The molecule has 33 heavy (non-hydrogen) atoms. The maximum Gasteiger partial charge on any atom is 0.249 e. The summed E-state index contributed by atoms with van der Waals surface area (Å²) in [4.78, 5) is 26.2. The number of anilines is 1. The van der Waals surface area contributed by atoms with Gasteiger partial charge in [-0.15, -0.1) is 0 Å². The Morgan fingerprint density at radius 2 is 1.79 bits per heavy atom. The molecule has 0 saturated carbocycles. The fourth-order valence-electron chi connectivity index (χ4n) is 4.09. The number of hydrogen-bond acceptors (Lipinski definition) is 4. The number of nitrogens with one attached hydrogen (secondary N) is 1. The molecule has 6 nitrogen and oxygen atoms in total. The van der Waals surface area contributed by atoms with Crippen molar-refractivity contribution in [2.75, 3.05) is 5.32 Å². The van der Waals surface area contributed by atoms with Crippen LogP contribution in [0, 0.1) is 23.1 Å². The van der Waals surface area contributed by atoms with Gasteiger partial charge >= 0.3 is 0 Å². The molecule has 1 unspecified atom stereocenters. The number of carbonyl (C=O) groups excluding carboxylic acids is 2. The predicted molar refractivity (Wildman–Crippen MR) is 120 cm³/mol. The molecule has 1 aromatic heterocycles. The number of hydrogen-bond donors (Lipinski definition) is 1. The minimum Gasteiger partial charge on any atom is -0.325 e. The fraction of sp³-hybridized carbons (Fsp3) is 0.0769. The highest BCUT2D eigenvalue weighted by molar-refractivity contribution is 6.16. The lowest BCUT2D eigenvalue weighted by Crippen LogP contribution is -2.29. The van der Waals surface area contributed by atoms with Gasteiger partial charge in [-0.25, -0.2) is 9.07 Å². The Labute approximate surface area is 188 Å². The van der Waals surface area contributed by atoms with Crippen LogP contribution >= 0.6 is 0 Å². The van der Waals surface area contributed by atoms with E-state index in [2.05, 4.69) is 10.4 Å². The number of aromatic nitrogens is 2. The van der Waals surface area contributed by atoms with E-state index in [1.54, 1.807) is 42.5 Å². The zero-order valence-electron chi connectivity index (χ0n) is 17.3. The monoisotopic (exact) mass is 436 g/mol. The molecule has 1 heterocycles. The van der Waals surface area contributed by atoms with Crippen molar-refractivity contribution in [2.45, 2.75) is 6.42 Å². The van der Waals surface area contributed by atoms with Gasteiger partial charge in [0.1, 0.15) is 11.5 Å². The van der Waals surface area contributed by atoms with Gasteiger partial charge in [-0.3, -0.25) is 9.59 Å². The second kappa shape index (κ2) is 8.17. The van der Waals surface area contributed by atoms with Crippen LogP contribution < -0.4 is 5.32 Å². The van der Waals surface area contributed by atoms with Crippen LogP contribution in [0.1, 0.15) is 21.6 Å². The summed E-state index contributed by atoms with van der Waals surface area (Å²) in [6.45, 7) is 0. The summed E-state index contributed by atoms with van der Waals surface area (Å²) in [6, 6.07) is 24.0. The van der Waals surface area contributed by atoms with E-state index < -0.39 is 23.4 Å². The fourth-order valence-corrected chi connectivity index (χ4v) is 4.09. The second-order valence-corrected chi connectivity index (χ2v) is 7.68. The largest absolute Gasteiger partial charge is 0.325 e. The van der Waals surface area contributed by atoms with Crippen LogP contribution in [0.15, 0.2) is 78.9 Å². The molecule has 0 aliphatic heterocycles. The number of amides is 1. The number of nitrogens with zero attached hydrogens (tertiary/aromatic N) is 3. The number of rotatable bonds is 5. The Morgan fingerprint density at radius 1 is 1.03 bits per heavy atom. The van der Waals surface area contributed by atoms with Crippen LogP contribution in [0.5, 0.6) is 0 Å². The molecule has 0 radical (unpaired) electrons. The molecule has 0 fully saturated rings. The van der Waals surface area contributed by atoms with Gasteiger partial charge in [0.2, 0.25) is 11.7 Å². The van der Waals surface area contributed by atoms with E-state index in [0.717, 1.165) is 11.1 Å². The molecule has 1 atom stereocenters. The van der Waals surface area contributed by atoms with E-state index in [-0.39, 0.29) is 5.69 Å². The third-order valence-corrected chi connectivity index (χ3v) is 5.60. The number of Topliss-reactive ketones (excluding diaryl/α,β-unsaturated/α-hetero) is 1. The Hall–Kier alpha value is -4.57. The molecule has 3 aromatic carbocycles. The van der Waals surface area contributed by atoms with Gasteiger partial charge in [0.25, 0.3) is 0 Å². The van der Waals surface area contributed by atoms with E-state index in [4.69, 9.17) is 0 Å². The first kappa shape index (κ1) is 20.3. The van der Waals surface area contributed by atoms with Crippen molar-refractivity contribution in [1.29, 1.82) is 5.26 Å². The highest BCUT2D eigenvalue weighted by atomic mass is 19.1. The molecular formula is C26H17FN4O2. The molecule has 0 spiro atoms. The number of ketones is 1. The summed E-state index contributed by atoms with van der Waals surface area (Å²) in [6.07, 6.45) is 0.431. The van der Waals surface area contributed by atoms with Crippen LogP contribution in [-0.4, -0.2) is 21.5 Å². The molecule has 1 amide bonds. The number of para-hydroxylation sites is 1. The average Bonchev–Trinajstić information content (AvgIpc) is 3.37. The first-order valence-electron chi connectivity index (χ1n) is 10.3. The van der Waals surface area contributed by atoms with Gasteiger partial charge in [-0.2, -0.15) is 10.4 Å². The smallest absolute Gasteiger partial charge is 0.249 e. The molecule has 7 heteroatoms. The molecule has 1 aliphatic carbocycles. The first-order valence-corrected chi connectivity index (χ1v) is 10.3. The van der Waals surface area contributed by atoms with Gasteiger partial charge in [-0.05, 0) is 35.9 Å². The molecular weight excluding hydrogens is 419 g/mol. The van der Waals surface area contributed by atoms with Crippen molar-refractivity contribution in [3.8, 4) is 23.0 Å². The van der Waals surface area contributed by atoms with Crippen molar-refractivity contribution >= 4 is 17.4 Å². The molecule has 4 aromatic rings. The molecule has 1 aliphatic rings. The van der Waals surface area contributed by atoms with E-state index >= 15 is 0 Å². The standard InChI is InChI=1S/C26H17FN4O2/c27-17-8-6-11-19(14-17)31-24-20-12-5-4-7-16(20)13-21(24)23(30-31)25(32)22(15-28)26(33)29-18-9-2-1-3-10-18/h1-12,14,22H,13H2,(H,29,33). The lowest BCUT2D eigenvalue weighted by molar-refractivity contribution is -0.117. The Morgan fingerprint density at radius 3 is 2.55 bits per heavy atom. The van der Waals surface area contributed by atoms with Gasteiger partial charge in [0.05, 0.1) is 17.5 Å². The van der Waals surface area contributed by atoms with Crippen molar-refractivity contribution < 1.29 is 14.0 Å². The summed E-state index contributed by atoms with van der Waals surface area (Å²) in [5.41, 5.74) is 4.14. The van der Waals surface area contributed by atoms with Crippen LogP contribution in [0.4, 0.5) is 10.1 Å². The van der Waals surface area contributed by atoms with Crippen LogP contribution in [0.3, 0.4) is 0 Å². The second-order valence-electron chi connectivity index (χ2n) is 7.68. The van der Waals surface area contributed by atoms with Crippen LogP contribution in [-0.2, 0) is 11.2 Å². The Bertz CT molecular complexity index is 1440. The van der Waals surface area contributed by atoms with E-state index in [9.17, 15) is 19.2 Å². The molecule has 0 saturated heterocycles. The summed E-state index contributed by atoms with van der Waals surface area (Å²) in [5, 5.41) is 16.8. The zero-order chi connectivity index (χ0) is 22.9. The lowest BCUT2D eigenvalue weighted by atomic mass is 9.98. The minimum atomic E-state index is -1.58. The Balaban J connectivity index is 1.58. The summed E-state index contributed by atoms with van der Waals surface area (Å²) in [7, 11) is 0. The van der Waals surface area contributed by atoms with Crippen molar-refractivity contribution in [2.24, 2.45) is 5.92 Å². The van der Waals surface area contributed by atoms with Gasteiger partial charge in [-0.1, -0.05) is 48.5 Å². The number of benzene rings is 3. The molecule has 0 bridgehead atoms. The lowest BCUT2D eigenvalue weighted by Gasteiger charge is -2.09. The van der Waals surface area contributed by atoms with Gasteiger partial charge in [0.15, 0.2) is 5.92 Å². The SMILES string of the molecule is N#CC(C(=O)Nc1ccccc1)C(=O)c1nn(-c2cccc(F)c2)c2c1Cc1ccccc1-2. The van der Waals surface area contributed by atoms with Gasteiger partial charge in [0, 0.05) is 23.2 Å². The number of halogens is 1. The number of fused-ring (bicyclic) bond motifs is 3. The number of nitriles is 1. The molecule has 5 rings (SSSR count). The maximum absolute atomic E-state index is 14.0. The maximum atomic E-state index is 14.0. The zero-order valence-corrected chi connectivity index (χ0v) is 17.3. The highest BCUT2D eigenvalue weighted by Crippen LogP contribution is 2.40. The van der Waals surface area contributed by atoms with Crippen LogP contribution in [0.2, 0.25) is 0 Å². The number of carbonyl (C=O) groups is 2. The highest BCUT2D eigenvalue weighted by Gasteiger charge is 2.36. The Kier molecular flexibility index (Phi) is 5.04. The average molecular weight is 436 g/mol. The third kappa shape index (κ3) is 3.58. The quantitative estimate of drug-likeness (QED) is 0.324. The molecule has 1 N–H and O–H groups in total. The normalized spacial score (nSPS) is 12.4. The van der Waals surface area contributed by atoms with Gasteiger partial charge < -0.3 is 5.32 Å². The summed E-state index contributed by atoms with van der Waals surface area (Å²) < 4.78 is 15.5. The van der Waals surface area contributed by atoms with E-state index in [1.165, 1.54) is 16.8 Å². The van der Waals surface area contributed by atoms with Crippen molar-refractivity contribution in [1.82, 2.24) is 9.78 Å². The van der Waals surface area contributed by atoms with Crippen LogP contribution in [0.25, 0.3) is 16.9 Å². The predicted octanol–water partition coefficient (Wildman–Crippen LogP) is 4.54. The van der Waals surface area contributed by atoms with E-state index in [0.29, 0.717) is 29.1 Å². The van der Waals surface area contributed by atoms with Crippen molar-refractivity contribution in [3.05, 3.63) is 102 Å². The van der Waals surface area contributed by atoms with E-state index in [1.807, 2.05) is 30.3 Å². The first-order chi connectivity index (χ1) is 16.1.